The van der Waals surface area contributed by atoms with Gasteiger partial charge in [-0.05, 0) is 24.6 Å². The van der Waals surface area contributed by atoms with E-state index in [0.29, 0.717) is 30.3 Å². The standard InChI is InChI=1S/C21H25ClN4O3/c1-16(21(27)23(2)15-17-6-4-3-5-7-17)24-10-12-25(13-11-24)19-9-8-18(22)14-20(19)26(28)29/h3-9,14,16H,10-13,15H2,1-2H3/p+1/t16-/m1/s1. The minimum Gasteiger partial charge on any atom is -0.355 e. The summed E-state index contributed by atoms with van der Waals surface area (Å²) in [6.45, 7) is 5.33. The van der Waals surface area contributed by atoms with Crippen LogP contribution >= 0.6 is 11.6 Å². The number of anilines is 1. The van der Waals surface area contributed by atoms with E-state index in [0.717, 1.165) is 18.7 Å². The third kappa shape index (κ3) is 5.05. The van der Waals surface area contributed by atoms with E-state index in [4.69, 9.17) is 11.6 Å². The second-order valence-corrected chi connectivity index (χ2v) is 7.87. The van der Waals surface area contributed by atoms with Gasteiger partial charge < -0.3 is 14.7 Å². The molecule has 1 aliphatic heterocycles. The summed E-state index contributed by atoms with van der Waals surface area (Å²) in [6, 6.07) is 14.5. The maximum atomic E-state index is 12.9. The Balaban J connectivity index is 1.60. The number of quaternary nitrogens is 1. The molecule has 2 aromatic carbocycles. The van der Waals surface area contributed by atoms with E-state index in [1.807, 2.05) is 49.2 Å². The molecule has 1 heterocycles. The van der Waals surface area contributed by atoms with Crippen LogP contribution in [0.1, 0.15) is 12.5 Å². The zero-order valence-corrected chi connectivity index (χ0v) is 17.4. The van der Waals surface area contributed by atoms with E-state index in [9.17, 15) is 14.9 Å². The van der Waals surface area contributed by atoms with Gasteiger partial charge in [0.05, 0.1) is 31.1 Å². The second-order valence-electron chi connectivity index (χ2n) is 7.44. The number of carbonyl (C=O) groups excluding carboxylic acids is 1. The first-order chi connectivity index (χ1) is 13.9. The summed E-state index contributed by atoms with van der Waals surface area (Å²) in [5.41, 5.74) is 1.71. The number of nitro benzene ring substituents is 1. The Bertz CT molecular complexity index is 869. The van der Waals surface area contributed by atoms with Crippen molar-refractivity contribution in [1.29, 1.82) is 0 Å². The van der Waals surface area contributed by atoms with E-state index in [2.05, 4.69) is 0 Å². The van der Waals surface area contributed by atoms with Crippen LogP contribution in [0.15, 0.2) is 48.5 Å². The number of likely N-dealkylation sites (N-methyl/N-ethyl adjacent to an activating group) is 1. The van der Waals surface area contributed by atoms with Gasteiger partial charge in [-0.1, -0.05) is 41.9 Å². The Labute approximate surface area is 175 Å². The molecule has 7 nitrogen and oxygen atoms in total. The van der Waals surface area contributed by atoms with Gasteiger partial charge in [0.25, 0.3) is 11.6 Å². The quantitative estimate of drug-likeness (QED) is 0.576. The molecule has 1 aliphatic rings. The Hall–Kier alpha value is -2.64. The summed E-state index contributed by atoms with van der Waals surface area (Å²) in [5, 5.41) is 11.7. The number of nitrogens with zero attached hydrogens (tertiary/aromatic N) is 3. The molecule has 0 radical (unpaired) electrons. The first-order valence-corrected chi connectivity index (χ1v) is 10.1. The third-order valence-electron chi connectivity index (χ3n) is 5.50. The summed E-state index contributed by atoms with van der Waals surface area (Å²) < 4.78 is 0. The van der Waals surface area contributed by atoms with Crippen molar-refractivity contribution in [3.8, 4) is 0 Å². The Morgan fingerprint density at radius 3 is 2.52 bits per heavy atom. The highest BCUT2D eigenvalue weighted by Crippen LogP contribution is 2.30. The molecule has 0 aromatic heterocycles. The average Bonchev–Trinajstić information content (AvgIpc) is 2.73. The lowest BCUT2D eigenvalue weighted by molar-refractivity contribution is -0.915. The van der Waals surface area contributed by atoms with Crippen LogP contribution in [0.2, 0.25) is 5.02 Å². The fourth-order valence-electron chi connectivity index (χ4n) is 3.82. The van der Waals surface area contributed by atoms with Gasteiger partial charge in [0.2, 0.25) is 0 Å². The van der Waals surface area contributed by atoms with Gasteiger partial charge in [-0.25, -0.2) is 0 Å². The predicted molar refractivity (Wildman–Crippen MR) is 113 cm³/mol. The molecule has 1 amide bonds. The first kappa shape index (κ1) is 21.1. The number of hydrogen-bond donors (Lipinski definition) is 1. The number of piperazine rings is 1. The van der Waals surface area contributed by atoms with Crippen molar-refractivity contribution < 1.29 is 14.6 Å². The lowest BCUT2D eigenvalue weighted by atomic mass is 10.1. The topological polar surface area (TPSA) is 71.1 Å². The highest BCUT2D eigenvalue weighted by Gasteiger charge is 2.32. The minimum absolute atomic E-state index is 0.0210. The van der Waals surface area contributed by atoms with Crippen molar-refractivity contribution in [3.05, 3.63) is 69.2 Å². The molecular weight excluding hydrogens is 392 g/mol. The summed E-state index contributed by atoms with van der Waals surface area (Å²) in [4.78, 5) is 28.8. The van der Waals surface area contributed by atoms with Gasteiger partial charge in [-0.2, -0.15) is 0 Å². The number of benzene rings is 2. The van der Waals surface area contributed by atoms with Crippen molar-refractivity contribution in [2.45, 2.75) is 19.5 Å². The number of rotatable bonds is 6. The Kier molecular flexibility index (Phi) is 6.71. The summed E-state index contributed by atoms with van der Waals surface area (Å²) in [6.07, 6.45) is 0. The molecule has 1 atom stereocenters. The van der Waals surface area contributed by atoms with Gasteiger partial charge in [0.1, 0.15) is 5.69 Å². The highest BCUT2D eigenvalue weighted by molar-refractivity contribution is 6.30. The van der Waals surface area contributed by atoms with Gasteiger partial charge >= 0.3 is 0 Å². The van der Waals surface area contributed by atoms with E-state index < -0.39 is 4.92 Å². The largest absolute Gasteiger partial charge is 0.355 e. The van der Waals surface area contributed by atoms with Gasteiger partial charge in [-0.15, -0.1) is 0 Å². The molecule has 1 N–H and O–H groups in total. The number of amides is 1. The maximum Gasteiger partial charge on any atom is 0.294 e. The van der Waals surface area contributed by atoms with Crippen molar-refractivity contribution in [1.82, 2.24) is 4.90 Å². The van der Waals surface area contributed by atoms with E-state index >= 15 is 0 Å². The molecule has 3 rings (SSSR count). The zero-order valence-electron chi connectivity index (χ0n) is 16.7. The summed E-state index contributed by atoms with van der Waals surface area (Å²) in [5.74, 6) is 0.106. The number of hydrogen-bond acceptors (Lipinski definition) is 4. The lowest BCUT2D eigenvalue weighted by Gasteiger charge is -2.36. The van der Waals surface area contributed by atoms with Crippen molar-refractivity contribution >= 4 is 28.9 Å². The van der Waals surface area contributed by atoms with Crippen LogP contribution in [0.25, 0.3) is 0 Å². The molecule has 154 valence electrons. The summed E-state index contributed by atoms with van der Waals surface area (Å²) in [7, 11) is 1.83. The molecule has 0 bridgehead atoms. The van der Waals surface area contributed by atoms with Crippen LogP contribution < -0.4 is 9.80 Å². The van der Waals surface area contributed by atoms with Crippen LogP contribution in [0.3, 0.4) is 0 Å². The third-order valence-corrected chi connectivity index (χ3v) is 5.74. The van der Waals surface area contributed by atoms with E-state index in [1.54, 1.807) is 17.0 Å². The molecular formula is C21H26ClN4O3+. The van der Waals surface area contributed by atoms with Crippen molar-refractivity contribution in [2.24, 2.45) is 0 Å². The fourth-order valence-corrected chi connectivity index (χ4v) is 3.98. The molecule has 0 spiro atoms. The Morgan fingerprint density at radius 1 is 1.24 bits per heavy atom. The normalized spacial score (nSPS) is 15.8. The Morgan fingerprint density at radius 2 is 1.90 bits per heavy atom. The predicted octanol–water partition coefficient (Wildman–Crippen LogP) is 2.00. The summed E-state index contributed by atoms with van der Waals surface area (Å²) >= 11 is 5.92. The number of halogens is 1. The SMILES string of the molecule is C[C@H](C(=O)N(C)Cc1ccccc1)[NH+]1CCN(c2ccc(Cl)cc2[N+](=O)[O-])CC1. The average molecular weight is 418 g/mol. The van der Waals surface area contributed by atoms with E-state index in [1.165, 1.54) is 11.0 Å². The van der Waals surface area contributed by atoms with E-state index in [-0.39, 0.29) is 17.6 Å². The molecule has 29 heavy (non-hydrogen) atoms. The second kappa shape index (κ2) is 9.24. The number of nitrogens with one attached hydrogen (secondary N) is 1. The molecule has 1 saturated heterocycles. The molecule has 0 aliphatic carbocycles. The smallest absolute Gasteiger partial charge is 0.294 e. The maximum absolute atomic E-state index is 12.9. The van der Waals surface area contributed by atoms with Crippen LogP contribution in [0.5, 0.6) is 0 Å². The van der Waals surface area contributed by atoms with Gasteiger partial charge in [-0.3, -0.25) is 14.9 Å². The lowest BCUT2D eigenvalue weighted by Crippen LogP contribution is -3.19. The first-order valence-electron chi connectivity index (χ1n) is 9.69. The molecule has 0 saturated carbocycles. The molecule has 8 heteroatoms. The van der Waals surface area contributed by atoms with Crippen molar-refractivity contribution in [3.63, 3.8) is 0 Å². The van der Waals surface area contributed by atoms with Crippen LogP contribution in [-0.2, 0) is 11.3 Å². The van der Waals surface area contributed by atoms with Gasteiger partial charge in [0.15, 0.2) is 6.04 Å². The van der Waals surface area contributed by atoms with Crippen LogP contribution in [0, 0.1) is 10.1 Å². The fraction of sp³-hybridized carbons (Fsp3) is 0.381. The zero-order chi connectivity index (χ0) is 21.0. The number of carbonyl (C=O) groups is 1. The van der Waals surface area contributed by atoms with Gasteiger partial charge in [0, 0.05) is 24.7 Å². The highest BCUT2D eigenvalue weighted by atomic mass is 35.5. The molecule has 2 aromatic rings. The monoisotopic (exact) mass is 417 g/mol. The van der Waals surface area contributed by atoms with Crippen LogP contribution in [-0.4, -0.2) is 55.0 Å². The van der Waals surface area contributed by atoms with Crippen LogP contribution in [0.4, 0.5) is 11.4 Å². The minimum atomic E-state index is -0.398. The van der Waals surface area contributed by atoms with Crippen molar-refractivity contribution in [2.75, 3.05) is 38.1 Å². The molecule has 1 fully saturated rings. The number of nitro groups is 1. The molecule has 0 unspecified atom stereocenters.